The minimum Gasteiger partial charge on any atom is -0.496 e. The molecule has 1 atom stereocenters. The molecule has 3 rings (SSSR count). The summed E-state index contributed by atoms with van der Waals surface area (Å²) in [6.45, 7) is 2.18. The van der Waals surface area contributed by atoms with E-state index in [9.17, 15) is 5.11 Å². The number of aliphatic hydroxyl groups excluding tert-OH is 1. The molecule has 26 heavy (non-hydrogen) atoms. The van der Waals surface area contributed by atoms with Crippen molar-refractivity contribution in [2.24, 2.45) is 0 Å². The van der Waals surface area contributed by atoms with Crippen LogP contribution in [0.2, 0.25) is 10.0 Å². The third kappa shape index (κ3) is 4.01. The number of rotatable bonds is 6. The highest BCUT2D eigenvalue weighted by atomic mass is 35.5. The fourth-order valence-corrected chi connectivity index (χ4v) is 3.52. The molecule has 5 nitrogen and oxygen atoms in total. The first-order chi connectivity index (χ1) is 12.5. The number of ether oxygens (including phenoxy) is 3. The minimum absolute atomic E-state index is 0.425. The van der Waals surface area contributed by atoms with Gasteiger partial charge in [-0.25, -0.2) is 0 Å². The van der Waals surface area contributed by atoms with Crippen molar-refractivity contribution in [3.8, 4) is 17.2 Å². The molecule has 0 bridgehead atoms. The van der Waals surface area contributed by atoms with Crippen molar-refractivity contribution in [3.63, 3.8) is 0 Å². The van der Waals surface area contributed by atoms with Gasteiger partial charge in [-0.3, -0.25) is 4.90 Å². The van der Waals surface area contributed by atoms with Crippen molar-refractivity contribution >= 4 is 23.2 Å². The van der Waals surface area contributed by atoms with Crippen LogP contribution in [0.3, 0.4) is 0 Å². The largest absolute Gasteiger partial charge is 0.496 e. The van der Waals surface area contributed by atoms with Gasteiger partial charge in [0.25, 0.3) is 0 Å². The molecule has 0 saturated carbocycles. The maximum absolute atomic E-state index is 10.6. The lowest BCUT2D eigenvalue weighted by molar-refractivity contribution is 0.0795. The van der Waals surface area contributed by atoms with Crippen molar-refractivity contribution in [2.75, 3.05) is 33.9 Å². The van der Waals surface area contributed by atoms with E-state index < -0.39 is 6.10 Å². The van der Waals surface area contributed by atoms with Crippen LogP contribution in [0.25, 0.3) is 0 Å². The van der Waals surface area contributed by atoms with Crippen molar-refractivity contribution in [1.29, 1.82) is 0 Å². The molecule has 1 aliphatic heterocycles. The first kappa shape index (κ1) is 19.1. The number of hydrogen-bond acceptors (Lipinski definition) is 5. The summed E-state index contributed by atoms with van der Waals surface area (Å²) in [5.41, 5.74) is 1.73. The third-order valence-corrected chi connectivity index (χ3v) is 4.97. The topological polar surface area (TPSA) is 51.2 Å². The highest BCUT2D eigenvalue weighted by Gasteiger charge is 2.29. The third-order valence-electron chi connectivity index (χ3n) is 4.42. The lowest BCUT2D eigenvalue weighted by atomic mass is 9.95. The second-order valence-electron chi connectivity index (χ2n) is 6.04. The molecule has 1 aliphatic rings. The number of benzene rings is 2. The summed E-state index contributed by atoms with van der Waals surface area (Å²) in [6.07, 6.45) is -0.654. The van der Waals surface area contributed by atoms with Crippen LogP contribution in [0.1, 0.15) is 17.2 Å². The maximum Gasteiger partial charge on any atom is 0.139 e. The molecule has 1 unspecified atom stereocenters. The van der Waals surface area contributed by atoms with E-state index in [1.807, 2.05) is 12.1 Å². The number of β-amino-alcohol motifs (C(OH)–C–C–N with tert-alkyl or cyclic N) is 1. The van der Waals surface area contributed by atoms with Gasteiger partial charge in [-0.05, 0) is 24.3 Å². The zero-order valence-corrected chi connectivity index (χ0v) is 16.2. The molecule has 1 heterocycles. The Morgan fingerprint density at radius 3 is 2.54 bits per heavy atom. The molecule has 7 heteroatoms. The summed E-state index contributed by atoms with van der Waals surface area (Å²) < 4.78 is 16.6. The quantitative estimate of drug-likeness (QED) is 0.799. The molecular formula is C19H21Cl2NO4. The molecule has 0 aliphatic carbocycles. The van der Waals surface area contributed by atoms with E-state index in [0.29, 0.717) is 47.8 Å². The Balaban J connectivity index is 1.70. The smallest absolute Gasteiger partial charge is 0.139 e. The van der Waals surface area contributed by atoms with Gasteiger partial charge in [0.05, 0.1) is 25.3 Å². The van der Waals surface area contributed by atoms with Gasteiger partial charge in [0.15, 0.2) is 0 Å². The first-order valence-electron chi connectivity index (χ1n) is 8.25. The minimum atomic E-state index is -0.654. The van der Waals surface area contributed by atoms with Gasteiger partial charge >= 0.3 is 0 Å². The maximum atomic E-state index is 10.6. The molecule has 0 fully saturated rings. The highest BCUT2D eigenvalue weighted by Crippen LogP contribution is 2.39. The van der Waals surface area contributed by atoms with Crippen molar-refractivity contribution in [3.05, 3.63) is 51.5 Å². The molecule has 0 aromatic heterocycles. The van der Waals surface area contributed by atoms with Crippen molar-refractivity contribution < 1.29 is 19.3 Å². The molecule has 0 radical (unpaired) electrons. The van der Waals surface area contributed by atoms with Crippen LogP contribution < -0.4 is 14.2 Å². The summed E-state index contributed by atoms with van der Waals surface area (Å²) in [5, 5.41) is 11.7. The summed E-state index contributed by atoms with van der Waals surface area (Å²) >= 11 is 12.1. The second-order valence-corrected chi connectivity index (χ2v) is 6.88. The highest BCUT2D eigenvalue weighted by molar-refractivity contribution is 6.34. The Hall–Kier alpha value is -1.66. The molecule has 0 amide bonds. The second kappa shape index (κ2) is 8.35. The summed E-state index contributed by atoms with van der Waals surface area (Å²) in [7, 11) is 3.22. The Morgan fingerprint density at radius 1 is 1.08 bits per heavy atom. The Morgan fingerprint density at radius 2 is 1.81 bits per heavy atom. The zero-order valence-electron chi connectivity index (χ0n) is 14.7. The standard InChI is InChI=1S/C19H21Cl2NO4/c1-24-16-5-6-17(25-2)19-13(16)10-22(11-15(19)23)7-8-26-18-9-12(20)3-4-14(18)21/h3-6,9,15,23H,7-8,10-11H2,1-2H3. The van der Waals surface area contributed by atoms with Crippen molar-refractivity contribution in [2.45, 2.75) is 12.6 Å². The Kier molecular flexibility index (Phi) is 6.14. The predicted molar refractivity (Wildman–Crippen MR) is 102 cm³/mol. The van der Waals surface area contributed by atoms with Gasteiger partial charge in [-0.1, -0.05) is 23.2 Å². The average molecular weight is 398 g/mol. The number of halogens is 2. The summed E-state index contributed by atoms with van der Waals surface area (Å²) in [4.78, 5) is 2.10. The van der Waals surface area contributed by atoms with Gasteiger partial charge in [0.1, 0.15) is 23.9 Å². The van der Waals surface area contributed by atoms with Gasteiger partial charge in [-0.2, -0.15) is 0 Å². The van der Waals surface area contributed by atoms with E-state index in [1.54, 1.807) is 32.4 Å². The van der Waals surface area contributed by atoms with E-state index in [4.69, 9.17) is 37.4 Å². The number of fused-ring (bicyclic) bond motifs is 1. The SMILES string of the molecule is COc1ccc(OC)c2c1CN(CCOc1cc(Cl)ccc1Cl)CC2O. The molecule has 2 aromatic carbocycles. The average Bonchev–Trinajstić information content (AvgIpc) is 2.63. The summed E-state index contributed by atoms with van der Waals surface area (Å²) in [5.74, 6) is 1.97. The molecule has 1 N–H and O–H groups in total. The Labute approximate surface area is 163 Å². The van der Waals surface area contributed by atoms with Crippen LogP contribution in [0.4, 0.5) is 0 Å². The lowest BCUT2D eigenvalue weighted by Crippen LogP contribution is -2.36. The van der Waals surface area contributed by atoms with E-state index in [1.165, 1.54) is 0 Å². The fourth-order valence-electron chi connectivity index (χ4n) is 3.19. The number of methoxy groups -OCH3 is 2. The van der Waals surface area contributed by atoms with Crippen LogP contribution >= 0.6 is 23.2 Å². The van der Waals surface area contributed by atoms with Gasteiger partial charge < -0.3 is 19.3 Å². The zero-order chi connectivity index (χ0) is 18.7. The van der Waals surface area contributed by atoms with E-state index in [-0.39, 0.29) is 0 Å². The van der Waals surface area contributed by atoms with E-state index in [0.717, 1.165) is 16.9 Å². The molecule has 140 valence electrons. The molecule has 2 aromatic rings. The van der Waals surface area contributed by atoms with Crippen LogP contribution in [0, 0.1) is 0 Å². The van der Waals surface area contributed by atoms with Gasteiger partial charge in [0.2, 0.25) is 0 Å². The van der Waals surface area contributed by atoms with Crippen LogP contribution in [-0.4, -0.2) is 43.9 Å². The number of hydrogen-bond donors (Lipinski definition) is 1. The first-order valence-corrected chi connectivity index (χ1v) is 9.01. The number of nitrogens with zero attached hydrogens (tertiary/aromatic N) is 1. The lowest BCUT2D eigenvalue weighted by Gasteiger charge is -2.33. The Bertz CT molecular complexity index is 784. The normalized spacial score (nSPS) is 16.9. The molecule has 0 spiro atoms. The van der Waals surface area contributed by atoms with E-state index in [2.05, 4.69) is 4.90 Å². The monoisotopic (exact) mass is 397 g/mol. The molecular weight excluding hydrogens is 377 g/mol. The van der Waals surface area contributed by atoms with Crippen molar-refractivity contribution in [1.82, 2.24) is 4.90 Å². The van der Waals surface area contributed by atoms with Crippen LogP contribution in [0.5, 0.6) is 17.2 Å². The number of aliphatic hydroxyl groups is 1. The van der Waals surface area contributed by atoms with Crippen LogP contribution in [-0.2, 0) is 6.54 Å². The van der Waals surface area contributed by atoms with Gasteiger partial charge in [0, 0.05) is 41.9 Å². The predicted octanol–water partition coefficient (Wildman–Crippen LogP) is 3.94. The van der Waals surface area contributed by atoms with E-state index >= 15 is 0 Å². The van der Waals surface area contributed by atoms with Gasteiger partial charge in [-0.15, -0.1) is 0 Å². The summed E-state index contributed by atoms with van der Waals surface area (Å²) in [6, 6.07) is 8.79. The fraction of sp³-hybridized carbons (Fsp3) is 0.368. The molecule has 0 saturated heterocycles. The van der Waals surface area contributed by atoms with Crippen LogP contribution in [0.15, 0.2) is 30.3 Å².